The Morgan fingerprint density at radius 2 is 1.45 bits per heavy atom. The number of ketones is 1. The molecular weight excluding hydrogens is 616 g/mol. The van der Waals surface area contributed by atoms with E-state index in [1.54, 1.807) is 7.05 Å². The Labute approximate surface area is 297 Å². The summed E-state index contributed by atoms with van der Waals surface area (Å²) in [7, 11) is 1.81. The van der Waals surface area contributed by atoms with Gasteiger partial charge in [-0.25, -0.2) is 9.59 Å². The summed E-state index contributed by atoms with van der Waals surface area (Å²) in [4.78, 5) is 49.4. The molecule has 0 spiro atoms. The lowest BCUT2D eigenvalue weighted by Gasteiger charge is -2.73. The summed E-state index contributed by atoms with van der Waals surface area (Å²) in [5.74, 6) is -0.406. The predicted molar refractivity (Wildman–Crippen MR) is 193 cm³/mol. The number of carbonyl (C=O) groups excluding carboxylic acids is 4. The van der Waals surface area contributed by atoms with Crippen LogP contribution in [0.4, 0.5) is 0 Å². The van der Waals surface area contributed by atoms with Crippen LogP contribution in [-0.2, 0) is 28.7 Å². The topological polar surface area (TPSA) is 111 Å². The van der Waals surface area contributed by atoms with E-state index >= 15 is 0 Å². The minimum absolute atomic E-state index is 0.0908. The van der Waals surface area contributed by atoms with Crippen molar-refractivity contribution in [3.63, 3.8) is 0 Å². The molecule has 5 fully saturated rings. The largest absolute Gasteiger partial charge is 0.459 e. The highest BCUT2D eigenvalue weighted by molar-refractivity contribution is 6.32. The van der Waals surface area contributed by atoms with E-state index in [2.05, 4.69) is 72.6 Å². The molecule has 0 aromatic carbocycles. The molecule has 0 bridgehead atoms. The number of likely N-dealkylation sites (N-methyl/N-ethyl adjacent to an activating group) is 1. The molecule has 10 unspecified atom stereocenters. The van der Waals surface area contributed by atoms with Crippen molar-refractivity contribution in [2.24, 2.45) is 56.7 Å². The Morgan fingerprint density at radius 3 is 2.06 bits per heavy atom. The molecule has 0 heterocycles. The number of hydrogen-bond acceptors (Lipinski definition) is 7. The highest BCUT2D eigenvalue weighted by Crippen LogP contribution is 2.77. The van der Waals surface area contributed by atoms with E-state index in [9.17, 15) is 19.2 Å². The van der Waals surface area contributed by atoms with Gasteiger partial charge in [0.2, 0.25) is 5.78 Å². The molecule has 5 aliphatic carbocycles. The van der Waals surface area contributed by atoms with Crippen molar-refractivity contribution in [2.45, 2.75) is 139 Å². The Kier molecular flexibility index (Phi) is 11.9. The van der Waals surface area contributed by atoms with E-state index in [0.717, 1.165) is 57.8 Å². The number of fused-ring (bicyclic) bond motifs is 7. The number of esters is 2. The lowest BCUT2D eigenvalue weighted by Crippen LogP contribution is -2.67. The van der Waals surface area contributed by atoms with Gasteiger partial charge in [-0.2, -0.15) is 0 Å². The smallest absolute Gasteiger partial charge is 0.397 e. The molecule has 5 rings (SSSR count). The lowest BCUT2D eigenvalue weighted by atomic mass is 9.32. The fourth-order valence-corrected chi connectivity index (χ4v) is 12.6. The van der Waals surface area contributed by atoms with Gasteiger partial charge < -0.3 is 20.1 Å². The number of carbonyl (C=O) groups is 4. The van der Waals surface area contributed by atoms with Crippen molar-refractivity contribution in [3.05, 3.63) is 12.2 Å². The third kappa shape index (κ3) is 6.78. The molecule has 0 saturated heterocycles. The molecule has 8 heteroatoms. The second kappa shape index (κ2) is 14.8. The zero-order chi connectivity index (χ0) is 36.6. The van der Waals surface area contributed by atoms with E-state index < -0.39 is 23.6 Å². The molecule has 5 saturated carbocycles. The SMILES string of the molecule is C=C(C)C1CCC2(COC(=O)C(C)=O)CCC3(C)C(CCC4C5(C)CCC(OC(=O)C(=O)NCCNC)C(C)(C)C5CCC43C)C12.CCC. The molecule has 278 valence electrons. The molecule has 10 atom stereocenters. The predicted octanol–water partition coefficient (Wildman–Crippen LogP) is 7.44. The summed E-state index contributed by atoms with van der Waals surface area (Å²) in [6.07, 6.45) is 11.5. The maximum absolute atomic E-state index is 12.8. The van der Waals surface area contributed by atoms with Gasteiger partial charge in [0.1, 0.15) is 6.10 Å². The van der Waals surface area contributed by atoms with Crippen LogP contribution in [0.2, 0.25) is 0 Å². The van der Waals surface area contributed by atoms with Gasteiger partial charge in [0, 0.05) is 30.8 Å². The van der Waals surface area contributed by atoms with Gasteiger partial charge in [0.05, 0.1) is 6.61 Å². The molecule has 8 nitrogen and oxygen atoms in total. The van der Waals surface area contributed by atoms with Crippen molar-refractivity contribution >= 4 is 23.6 Å². The van der Waals surface area contributed by atoms with Crippen molar-refractivity contribution in [3.8, 4) is 0 Å². The van der Waals surface area contributed by atoms with Gasteiger partial charge in [-0.3, -0.25) is 9.59 Å². The van der Waals surface area contributed by atoms with Crippen LogP contribution >= 0.6 is 0 Å². The minimum atomic E-state index is -0.769. The quantitative estimate of drug-likeness (QED) is 0.118. The molecule has 0 aromatic rings. The van der Waals surface area contributed by atoms with E-state index in [1.165, 1.54) is 25.3 Å². The number of Topliss-reactive ketones (excluding diaryl/α,β-unsaturated/α-hetero) is 1. The molecule has 1 amide bonds. The van der Waals surface area contributed by atoms with Crippen molar-refractivity contribution in [1.82, 2.24) is 10.6 Å². The number of nitrogens with one attached hydrogen (secondary N) is 2. The second-order valence-corrected chi connectivity index (χ2v) is 18.0. The standard InChI is InChI=1S/C38H60N2O6.C3H8/c1-23(2)25-12-17-38(22-45-32(43)24(3)41)19-18-36(7)26(30(25)38)10-11-28-35(6)15-14-29(46-33(44)31(42)40-21-20-39-9)34(4,5)27(35)13-16-37(28,36)8;1-3-2/h25-30,39H,1,10-22H2,2-9H3,(H,40,42);3H2,1-2H3. The molecule has 0 aromatic heterocycles. The Balaban J connectivity index is 0.00000174. The maximum atomic E-state index is 12.8. The van der Waals surface area contributed by atoms with Crippen molar-refractivity contribution in [2.75, 3.05) is 26.7 Å². The van der Waals surface area contributed by atoms with Crippen LogP contribution in [0.15, 0.2) is 12.2 Å². The first-order valence-corrected chi connectivity index (χ1v) is 19.4. The zero-order valence-electron chi connectivity index (χ0n) is 32.5. The molecule has 5 aliphatic rings. The maximum Gasteiger partial charge on any atom is 0.397 e. The summed E-state index contributed by atoms with van der Waals surface area (Å²) < 4.78 is 11.7. The fraction of sp³-hybridized carbons (Fsp3) is 0.854. The molecule has 0 aliphatic heterocycles. The summed E-state index contributed by atoms with van der Waals surface area (Å²) >= 11 is 0. The summed E-state index contributed by atoms with van der Waals surface area (Å²) in [5, 5.41) is 5.63. The third-order valence-corrected chi connectivity index (χ3v) is 15.1. The van der Waals surface area contributed by atoms with Crippen molar-refractivity contribution in [1.29, 1.82) is 0 Å². The number of ether oxygens (including phenoxy) is 2. The molecule has 49 heavy (non-hydrogen) atoms. The Bertz CT molecular complexity index is 1280. The third-order valence-electron chi connectivity index (χ3n) is 15.1. The zero-order valence-corrected chi connectivity index (χ0v) is 32.5. The van der Waals surface area contributed by atoms with E-state index in [0.29, 0.717) is 49.3 Å². The van der Waals surface area contributed by atoms with E-state index in [-0.39, 0.29) is 33.2 Å². The highest BCUT2D eigenvalue weighted by Gasteiger charge is 2.71. The normalized spacial score (nSPS) is 40.1. The Morgan fingerprint density at radius 1 is 0.776 bits per heavy atom. The van der Waals surface area contributed by atoms with Crippen LogP contribution < -0.4 is 10.6 Å². The fourth-order valence-electron chi connectivity index (χ4n) is 12.6. The monoisotopic (exact) mass is 685 g/mol. The minimum Gasteiger partial charge on any atom is -0.459 e. The van der Waals surface area contributed by atoms with Gasteiger partial charge in [0.15, 0.2) is 0 Å². The van der Waals surface area contributed by atoms with E-state index in [1.807, 2.05) is 0 Å². The number of hydrogen-bond donors (Lipinski definition) is 2. The van der Waals surface area contributed by atoms with Crippen LogP contribution in [-0.4, -0.2) is 56.5 Å². The van der Waals surface area contributed by atoms with Crippen LogP contribution in [0.1, 0.15) is 133 Å². The first kappa shape index (κ1) is 39.6. The van der Waals surface area contributed by atoms with E-state index in [4.69, 9.17) is 9.47 Å². The van der Waals surface area contributed by atoms with Gasteiger partial charge in [0.25, 0.3) is 0 Å². The summed E-state index contributed by atoms with van der Waals surface area (Å²) in [6, 6.07) is 0. The average molecular weight is 685 g/mol. The number of allylic oxidation sites excluding steroid dienone is 1. The van der Waals surface area contributed by atoms with Gasteiger partial charge in [-0.1, -0.05) is 67.0 Å². The van der Waals surface area contributed by atoms with Crippen molar-refractivity contribution < 1.29 is 28.7 Å². The lowest BCUT2D eigenvalue weighted by molar-refractivity contribution is -0.252. The van der Waals surface area contributed by atoms with Crippen LogP contribution in [0.5, 0.6) is 0 Å². The van der Waals surface area contributed by atoms with Gasteiger partial charge in [-0.05, 0) is 124 Å². The van der Waals surface area contributed by atoms with Gasteiger partial charge in [-0.15, -0.1) is 0 Å². The van der Waals surface area contributed by atoms with Crippen LogP contribution in [0.25, 0.3) is 0 Å². The average Bonchev–Trinajstić information content (AvgIpc) is 3.42. The number of rotatable bonds is 8. The summed E-state index contributed by atoms with van der Waals surface area (Å²) in [5.41, 5.74) is 1.30. The second-order valence-electron chi connectivity index (χ2n) is 18.0. The number of amides is 1. The molecule has 0 radical (unpaired) electrons. The van der Waals surface area contributed by atoms with Crippen LogP contribution in [0, 0.1) is 56.7 Å². The Hall–Kier alpha value is -2.22. The first-order valence-electron chi connectivity index (χ1n) is 19.4. The first-order chi connectivity index (χ1) is 22.9. The summed E-state index contributed by atoms with van der Waals surface area (Å²) in [6.45, 7) is 25.7. The van der Waals surface area contributed by atoms with Crippen LogP contribution in [0.3, 0.4) is 0 Å². The molecule has 2 N–H and O–H groups in total. The van der Waals surface area contributed by atoms with Gasteiger partial charge >= 0.3 is 17.8 Å². The molecular formula is C41H68N2O6. The highest BCUT2D eigenvalue weighted by atomic mass is 16.6.